The van der Waals surface area contributed by atoms with E-state index < -0.39 is 0 Å². The van der Waals surface area contributed by atoms with Gasteiger partial charge in [0, 0.05) is 5.56 Å². The molecule has 0 saturated heterocycles. The number of halogens is 1. The second-order valence-electron chi connectivity index (χ2n) is 5.63. The lowest BCUT2D eigenvalue weighted by Gasteiger charge is -2.11. The molecule has 0 spiro atoms. The van der Waals surface area contributed by atoms with Crippen LogP contribution in [-0.2, 0) is 11.3 Å². The molecule has 0 aliphatic carbocycles. The van der Waals surface area contributed by atoms with Crippen molar-refractivity contribution >= 4 is 29.3 Å². The van der Waals surface area contributed by atoms with Crippen LogP contribution >= 0.6 is 23.4 Å². The average molecular weight is 397 g/mol. The quantitative estimate of drug-likeness (QED) is 0.490. The van der Waals surface area contributed by atoms with Crippen LogP contribution in [0.5, 0.6) is 0 Å². The first-order valence-corrected chi connectivity index (χ1v) is 9.60. The van der Waals surface area contributed by atoms with Crippen molar-refractivity contribution in [1.82, 2.24) is 20.1 Å². The summed E-state index contributed by atoms with van der Waals surface area (Å²) in [6.45, 7) is 0.781. The van der Waals surface area contributed by atoms with Crippen LogP contribution in [0.2, 0.25) is 5.02 Å². The molecule has 7 heteroatoms. The molecule has 0 aliphatic heterocycles. The van der Waals surface area contributed by atoms with Crippen LogP contribution in [0, 0.1) is 12.3 Å². The van der Waals surface area contributed by atoms with E-state index in [0.717, 1.165) is 11.1 Å². The number of nitrogens with one attached hydrogen (secondary N) is 1. The van der Waals surface area contributed by atoms with Crippen molar-refractivity contribution in [2.75, 3.05) is 12.3 Å². The lowest BCUT2D eigenvalue weighted by Crippen LogP contribution is -2.25. The Kier molecular flexibility index (Phi) is 6.53. The Balaban J connectivity index is 1.90. The zero-order valence-corrected chi connectivity index (χ0v) is 16.0. The van der Waals surface area contributed by atoms with E-state index in [2.05, 4.69) is 21.4 Å². The third kappa shape index (κ3) is 4.91. The van der Waals surface area contributed by atoms with Crippen LogP contribution in [0.3, 0.4) is 0 Å². The molecule has 2 aromatic carbocycles. The molecule has 1 heterocycles. The Morgan fingerprint density at radius 3 is 2.63 bits per heavy atom. The topological polar surface area (TPSA) is 59.8 Å². The Hall–Kier alpha value is -2.75. The van der Waals surface area contributed by atoms with Gasteiger partial charge in [0.1, 0.15) is 0 Å². The van der Waals surface area contributed by atoms with Crippen molar-refractivity contribution in [3.05, 3.63) is 65.2 Å². The van der Waals surface area contributed by atoms with Crippen LogP contribution in [0.1, 0.15) is 5.56 Å². The van der Waals surface area contributed by atoms with E-state index >= 15 is 0 Å². The maximum Gasteiger partial charge on any atom is 0.231 e. The number of hydrogen-bond donors (Lipinski definition) is 1. The minimum atomic E-state index is -0.147. The van der Waals surface area contributed by atoms with Gasteiger partial charge in [-0.05, 0) is 17.7 Å². The van der Waals surface area contributed by atoms with Crippen LogP contribution < -0.4 is 5.32 Å². The van der Waals surface area contributed by atoms with E-state index in [1.54, 1.807) is 0 Å². The Bertz CT molecular complexity index is 966. The summed E-state index contributed by atoms with van der Waals surface area (Å²) in [7, 11) is 0. The monoisotopic (exact) mass is 396 g/mol. The first kappa shape index (κ1) is 19.0. The summed E-state index contributed by atoms with van der Waals surface area (Å²) >= 11 is 7.67. The van der Waals surface area contributed by atoms with Gasteiger partial charge < -0.3 is 5.32 Å². The summed E-state index contributed by atoms with van der Waals surface area (Å²) in [6.07, 6.45) is 5.17. The predicted molar refractivity (Wildman–Crippen MR) is 109 cm³/mol. The smallest absolute Gasteiger partial charge is 0.231 e. The molecule has 1 N–H and O–H groups in total. The molecule has 3 aromatic rings. The van der Waals surface area contributed by atoms with Gasteiger partial charge in [-0.3, -0.25) is 9.36 Å². The highest BCUT2D eigenvalue weighted by atomic mass is 35.5. The highest BCUT2D eigenvalue weighted by molar-refractivity contribution is 7.99. The maximum absolute atomic E-state index is 11.9. The molecule has 136 valence electrons. The van der Waals surface area contributed by atoms with E-state index in [1.165, 1.54) is 11.8 Å². The fraction of sp³-hybridized carbons (Fsp3) is 0.150. The predicted octanol–water partition coefficient (Wildman–Crippen LogP) is 3.49. The molecule has 27 heavy (non-hydrogen) atoms. The van der Waals surface area contributed by atoms with E-state index in [4.69, 9.17) is 18.0 Å². The van der Waals surface area contributed by atoms with Gasteiger partial charge in [-0.15, -0.1) is 16.6 Å². The molecule has 0 unspecified atom stereocenters. The standard InChI is InChI=1S/C20H17ClN4OS/c1-2-12-22-18(26)14-27-20-24-23-19(16-10-6-7-11-17(16)21)25(20)13-15-8-4-3-5-9-15/h1,3-11H,12-14H2,(H,22,26). The number of thioether (sulfide) groups is 1. The molecule has 0 fully saturated rings. The number of amides is 1. The normalized spacial score (nSPS) is 10.4. The maximum atomic E-state index is 11.9. The van der Waals surface area contributed by atoms with Gasteiger partial charge in [-0.1, -0.05) is 71.7 Å². The summed E-state index contributed by atoms with van der Waals surface area (Å²) in [5.41, 5.74) is 1.90. The molecule has 0 radical (unpaired) electrons. The highest BCUT2D eigenvalue weighted by Crippen LogP contribution is 2.29. The van der Waals surface area contributed by atoms with Crippen molar-refractivity contribution < 1.29 is 4.79 Å². The zero-order valence-electron chi connectivity index (χ0n) is 14.4. The average Bonchev–Trinajstić information content (AvgIpc) is 3.08. The number of terminal acetylenes is 1. The number of carbonyl (C=O) groups is 1. The lowest BCUT2D eigenvalue weighted by molar-refractivity contribution is -0.118. The largest absolute Gasteiger partial charge is 0.344 e. The summed E-state index contributed by atoms with van der Waals surface area (Å²) in [4.78, 5) is 11.9. The summed E-state index contributed by atoms with van der Waals surface area (Å²) in [6, 6.07) is 17.5. The Morgan fingerprint density at radius 1 is 1.15 bits per heavy atom. The molecule has 0 bridgehead atoms. The van der Waals surface area contributed by atoms with Crippen molar-refractivity contribution in [3.8, 4) is 23.7 Å². The van der Waals surface area contributed by atoms with Crippen molar-refractivity contribution in [1.29, 1.82) is 0 Å². The minimum Gasteiger partial charge on any atom is -0.344 e. The summed E-state index contributed by atoms with van der Waals surface area (Å²) < 4.78 is 1.97. The third-order valence-electron chi connectivity index (χ3n) is 3.74. The van der Waals surface area contributed by atoms with E-state index in [1.807, 2.05) is 59.2 Å². The number of carbonyl (C=O) groups excluding carboxylic acids is 1. The van der Waals surface area contributed by atoms with Gasteiger partial charge >= 0.3 is 0 Å². The van der Waals surface area contributed by atoms with Gasteiger partial charge in [0.2, 0.25) is 5.91 Å². The van der Waals surface area contributed by atoms with Crippen LogP contribution in [0.25, 0.3) is 11.4 Å². The second-order valence-corrected chi connectivity index (χ2v) is 6.98. The first-order valence-electron chi connectivity index (χ1n) is 8.24. The molecule has 5 nitrogen and oxygen atoms in total. The highest BCUT2D eigenvalue weighted by Gasteiger charge is 2.17. The number of benzene rings is 2. The van der Waals surface area contributed by atoms with Crippen molar-refractivity contribution in [3.63, 3.8) is 0 Å². The van der Waals surface area contributed by atoms with Crippen LogP contribution in [0.15, 0.2) is 59.8 Å². The van der Waals surface area contributed by atoms with Crippen molar-refractivity contribution in [2.24, 2.45) is 0 Å². The SMILES string of the molecule is C#CCNC(=O)CSc1nnc(-c2ccccc2Cl)n1Cc1ccccc1. The van der Waals surface area contributed by atoms with Gasteiger partial charge in [-0.2, -0.15) is 0 Å². The molecule has 3 rings (SSSR count). The summed E-state index contributed by atoms with van der Waals surface area (Å²) in [5.74, 6) is 3.11. The molecular formula is C20H17ClN4OS. The molecular weight excluding hydrogens is 380 g/mol. The third-order valence-corrected chi connectivity index (χ3v) is 5.03. The van der Waals surface area contributed by atoms with E-state index in [9.17, 15) is 4.79 Å². The van der Waals surface area contributed by atoms with Gasteiger partial charge in [-0.25, -0.2) is 0 Å². The zero-order chi connectivity index (χ0) is 19.1. The van der Waals surface area contributed by atoms with Gasteiger partial charge in [0.15, 0.2) is 11.0 Å². The summed E-state index contributed by atoms with van der Waals surface area (Å²) in [5, 5.41) is 12.5. The number of nitrogens with zero attached hydrogens (tertiary/aromatic N) is 3. The first-order chi connectivity index (χ1) is 13.2. The van der Waals surface area contributed by atoms with E-state index in [-0.39, 0.29) is 18.2 Å². The number of hydrogen-bond acceptors (Lipinski definition) is 4. The lowest BCUT2D eigenvalue weighted by atomic mass is 10.2. The molecule has 0 atom stereocenters. The van der Waals surface area contributed by atoms with Crippen LogP contribution in [-0.4, -0.2) is 33.0 Å². The van der Waals surface area contributed by atoms with Gasteiger partial charge in [0.25, 0.3) is 0 Å². The fourth-order valence-electron chi connectivity index (χ4n) is 2.48. The van der Waals surface area contributed by atoms with Crippen LogP contribution in [0.4, 0.5) is 0 Å². The molecule has 1 amide bonds. The Labute approximate surface area is 167 Å². The second kappa shape index (κ2) is 9.26. The van der Waals surface area contributed by atoms with Crippen molar-refractivity contribution in [2.45, 2.75) is 11.7 Å². The number of aromatic nitrogens is 3. The molecule has 0 aliphatic rings. The minimum absolute atomic E-state index is 0.147. The molecule has 1 aromatic heterocycles. The van der Waals surface area contributed by atoms with E-state index in [0.29, 0.717) is 22.5 Å². The molecule has 0 saturated carbocycles. The fourth-order valence-corrected chi connectivity index (χ4v) is 3.46. The van der Waals surface area contributed by atoms with Gasteiger partial charge in [0.05, 0.1) is 23.9 Å². The Morgan fingerprint density at radius 2 is 1.89 bits per heavy atom. The number of rotatable bonds is 7.